The highest BCUT2D eigenvalue weighted by atomic mass is 32.2. The van der Waals surface area contributed by atoms with E-state index in [0.29, 0.717) is 18.1 Å². The summed E-state index contributed by atoms with van der Waals surface area (Å²) in [6, 6.07) is 8.86. The summed E-state index contributed by atoms with van der Waals surface area (Å²) >= 11 is 1.20. The van der Waals surface area contributed by atoms with Gasteiger partial charge in [-0.3, -0.25) is 9.59 Å². The molecule has 1 aliphatic rings. The van der Waals surface area contributed by atoms with Crippen LogP contribution in [0.4, 0.5) is 5.69 Å². The van der Waals surface area contributed by atoms with Crippen LogP contribution in [0, 0.1) is 13.8 Å². The smallest absolute Gasteiger partial charge is 0.244 e. The number of carbonyl (C=O) groups excluding carboxylic acids is 2. The van der Waals surface area contributed by atoms with E-state index < -0.39 is 15.3 Å². The first-order chi connectivity index (χ1) is 15.2. The Labute approximate surface area is 193 Å². The molecular formula is C22H28N4O4S2. The number of hydrogen-bond donors (Lipinski definition) is 2. The van der Waals surface area contributed by atoms with Crippen LogP contribution in [0.5, 0.6) is 0 Å². The Kier molecular flexibility index (Phi) is 7.91. The summed E-state index contributed by atoms with van der Waals surface area (Å²) in [4.78, 5) is 29.0. The van der Waals surface area contributed by atoms with Crippen molar-refractivity contribution in [2.45, 2.75) is 48.8 Å². The minimum absolute atomic E-state index is 0.141. The number of sulfonamides is 1. The van der Waals surface area contributed by atoms with Crippen molar-refractivity contribution in [3.05, 3.63) is 47.7 Å². The second-order valence-electron chi connectivity index (χ2n) is 7.74. The summed E-state index contributed by atoms with van der Waals surface area (Å²) in [6.07, 6.45) is 3.07. The number of thioether (sulfide) groups is 1. The van der Waals surface area contributed by atoms with Crippen molar-refractivity contribution >= 4 is 39.3 Å². The van der Waals surface area contributed by atoms with E-state index in [1.807, 2.05) is 32.0 Å². The van der Waals surface area contributed by atoms with Crippen LogP contribution in [-0.2, 0) is 19.6 Å². The van der Waals surface area contributed by atoms with Crippen molar-refractivity contribution in [1.82, 2.24) is 14.6 Å². The average molecular weight is 477 g/mol. The third kappa shape index (κ3) is 5.87. The van der Waals surface area contributed by atoms with E-state index in [4.69, 9.17) is 0 Å². The van der Waals surface area contributed by atoms with Gasteiger partial charge in [0, 0.05) is 25.0 Å². The van der Waals surface area contributed by atoms with Crippen LogP contribution in [0.3, 0.4) is 0 Å². The second-order valence-corrected chi connectivity index (χ2v) is 11.0. The van der Waals surface area contributed by atoms with Crippen LogP contribution < -0.4 is 10.6 Å². The summed E-state index contributed by atoms with van der Waals surface area (Å²) in [5.74, 6) is -0.607. The SMILES string of the molecule is Cc1cccc(C)c1NC(=O)CNC(=O)C(C)Sc1ccc(S(=O)(=O)N2CCCC2)cn1. The largest absolute Gasteiger partial charge is 0.346 e. The van der Waals surface area contributed by atoms with Crippen molar-refractivity contribution in [2.24, 2.45) is 0 Å². The number of nitrogens with one attached hydrogen (secondary N) is 2. The fourth-order valence-corrected chi connectivity index (χ4v) is 5.68. The first-order valence-corrected chi connectivity index (χ1v) is 12.8. The third-order valence-electron chi connectivity index (χ3n) is 5.25. The van der Waals surface area contributed by atoms with Gasteiger partial charge < -0.3 is 10.6 Å². The Morgan fingerprint density at radius 1 is 1.12 bits per heavy atom. The van der Waals surface area contributed by atoms with Gasteiger partial charge >= 0.3 is 0 Å². The number of hydrogen-bond acceptors (Lipinski definition) is 6. The topological polar surface area (TPSA) is 108 Å². The van der Waals surface area contributed by atoms with E-state index in [1.54, 1.807) is 13.0 Å². The van der Waals surface area contributed by atoms with Crippen LogP contribution in [0.15, 0.2) is 46.5 Å². The minimum Gasteiger partial charge on any atom is -0.346 e. The monoisotopic (exact) mass is 476 g/mol. The Hall–Kier alpha value is -2.43. The van der Waals surface area contributed by atoms with Crippen molar-refractivity contribution in [3.63, 3.8) is 0 Å². The maximum Gasteiger partial charge on any atom is 0.244 e. The molecule has 172 valence electrons. The second kappa shape index (κ2) is 10.5. The minimum atomic E-state index is -3.51. The summed E-state index contributed by atoms with van der Waals surface area (Å²) in [5.41, 5.74) is 2.66. The number of carbonyl (C=O) groups is 2. The lowest BCUT2D eigenvalue weighted by Crippen LogP contribution is -2.37. The predicted octanol–water partition coefficient (Wildman–Crippen LogP) is 2.72. The van der Waals surface area contributed by atoms with Gasteiger partial charge in [0.15, 0.2) is 0 Å². The van der Waals surface area contributed by atoms with Crippen LogP contribution in [0.2, 0.25) is 0 Å². The Morgan fingerprint density at radius 3 is 2.38 bits per heavy atom. The summed E-state index contributed by atoms with van der Waals surface area (Å²) < 4.78 is 26.6. The maximum absolute atomic E-state index is 12.6. The Balaban J connectivity index is 1.51. The van der Waals surface area contributed by atoms with Crippen molar-refractivity contribution in [1.29, 1.82) is 0 Å². The molecule has 0 saturated carbocycles. The molecule has 3 rings (SSSR count). The van der Waals surface area contributed by atoms with Gasteiger partial charge in [-0.15, -0.1) is 0 Å². The molecule has 0 radical (unpaired) electrons. The number of aromatic nitrogens is 1. The summed E-state index contributed by atoms with van der Waals surface area (Å²) in [5, 5.41) is 5.50. The molecule has 1 atom stereocenters. The molecule has 0 spiro atoms. The average Bonchev–Trinajstić information content (AvgIpc) is 3.31. The van der Waals surface area contributed by atoms with Crippen LogP contribution in [0.25, 0.3) is 0 Å². The fraction of sp³-hybridized carbons (Fsp3) is 0.409. The zero-order valence-electron chi connectivity index (χ0n) is 18.4. The third-order valence-corrected chi connectivity index (χ3v) is 8.18. The number of aryl methyl sites for hydroxylation is 2. The van der Waals surface area contributed by atoms with E-state index in [2.05, 4.69) is 15.6 Å². The normalized spacial score (nSPS) is 15.3. The predicted molar refractivity (Wildman–Crippen MR) is 125 cm³/mol. The number of nitrogens with zero attached hydrogens (tertiary/aromatic N) is 2. The van der Waals surface area contributed by atoms with Crippen LogP contribution in [-0.4, -0.2) is 54.4 Å². The fourth-order valence-electron chi connectivity index (χ4n) is 3.41. The molecule has 1 fully saturated rings. The molecule has 0 bridgehead atoms. The van der Waals surface area contributed by atoms with Gasteiger partial charge in [0.25, 0.3) is 0 Å². The molecule has 8 nitrogen and oxygen atoms in total. The molecule has 2 amide bonds. The molecule has 2 N–H and O–H groups in total. The quantitative estimate of drug-likeness (QED) is 0.567. The van der Waals surface area contributed by atoms with Gasteiger partial charge in [-0.05, 0) is 56.9 Å². The number of benzene rings is 1. The van der Waals surface area contributed by atoms with Crippen LogP contribution in [0.1, 0.15) is 30.9 Å². The maximum atomic E-state index is 12.6. The van der Waals surface area contributed by atoms with E-state index in [0.717, 1.165) is 29.7 Å². The highest BCUT2D eigenvalue weighted by molar-refractivity contribution is 8.00. The Morgan fingerprint density at radius 2 is 1.78 bits per heavy atom. The van der Waals surface area contributed by atoms with Gasteiger partial charge in [0.05, 0.1) is 16.8 Å². The van der Waals surface area contributed by atoms with E-state index in [9.17, 15) is 18.0 Å². The molecule has 2 heterocycles. The number of pyridine rings is 1. The molecule has 2 aromatic rings. The molecule has 1 aromatic carbocycles. The number of para-hydroxylation sites is 1. The number of anilines is 1. The van der Waals surface area contributed by atoms with E-state index in [1.165, 1.54) is 28.3 Å². The summed E-state index contributed by atoms with van der Waals surface area (Å²) in [6.45, 7) is 6.46. The lowest BCUT2D eigenvalue weighted by atomic mass is 10.1. The van der Waals surface area contributed by atoms with E-state index in [-0.39, 0.29) is 23.3 Å². The molecule has 10 heteroatoms. The number of rotatable bonds is 8. The lowest BCUT2D eigenvalue weighted by Gasteiger charge is -2.16. The molecule has 1 aliphatic heterocycles. The van der Waals surface area contributed by atoms with Crippen molar-refractivity contribution in [3.8, 4) is 0 Å². The molecule has 1 aromatic heterocycles. The zero-order valence-corrected chi connectivity index (χ0v) is 20.1. The molecule has 1 saturated heterocycles. The van der Waals surface area contributed by atoms with Gasteiger partial charge in [-0.1, -0.05) is 30.0 Å². The Bertz CT molecular complexity index is 1060. The highest BCUT2D eigenvalue weighted by Gasteiger charge is 2.27. The molecule has 1 unspecified atom stereocenters. The molecule has 32 heavy (non-hydrogen) atoms. The van der Waals surface area contributed by atoms with Gasteiger partial charge in [-0.25, -0.2) is 13.4 Å². The standard InChI is InChI=1S/C22H28N4O4S2/c1-15-7-6-8-16(2)21(15)25-19(27)14-24-22(28)17(3)31-20-10-9-18(13-23-20)32(29,30)26-11-4-5-12-26/h6-10,13,17H,4-5,11-12,14H2,1-3H3,(H,24,28)(H,25,27). The highest BCUT2D eigenvalue weighted by Crippen LogP contribution is 2.25. The van der Waals surface area contributed by atoms with Gasteiger partial charge in [0.1, 0.15) is 4.90 Å². The van der Waals surface area contributed by atoms with E-state index >= 15 is 0 Å². The van der Waals surface area contributed by atoms with Crippen molar-refractivity contribution in [2.75, 3.05) is 25.0 Å². The molecule has 0 aliphatic carbocycles. The molecular weight excluding hydrogens is 448 g/mol. The van der Waals surface area contributed by atoms with Gasteiger partial charge in [0.2, 0.25) is 21.8 Å². The summed E-state index contributed by atoms with van der Waals surface area (Å²) in [7, 11) is -3.51. The zero-order chi connectivity index (χ0) is 23.3. The van der Waals surface area contributed by atoms with Gasteiger partial charge in [-0.2, -0.15) is 4.31 Å². The van der Waals surface area contributed by atoms with Crippen LogP contribution >= 0.6 is 11.8 Å². The first-order valence-electron chi connectivity index (χ1n) is 10.4. The van der Waals surface area contributed by atoms with Crippen molar-refractivity contribution < 1.29 is 18.0 Å². The first kappa shape index (κ1) is 24.2. The lowest BCUT2D eigenvalue weighted by molar-refractivity contribution is -0.123. The number of amides is 2.